The van der Waals surface area contributed by atoms with Crippen LogP contribution in [0.2, 0.25) is 0 Å². The second-order valence-corrected chi connectivity index (χ2v) is 7.43. The number of pyridine rings is 1. The van der Waals surface area contributed by atoms with Crippen LogP contribution in [0.3, 0.4) is 0 Å². The summed E-state index contributed by atoms with van der Waals surface area (Å²) in [5.41, 5.74) is 3.93. The van der Waals surface area contributed by atoms with Gasteiger partial charge in [-0.25, -0.2) is 4.68 Å². The lowest BCUT2D eigenvalue weighted by atomic mass is 10.1. The van der Waals surface area contributed by atoms with E-state index < -0.39 is 0 Å². The molecule has 0 amide bonds. The number of likely N-dealkylation sites (tertiary alicyclic amines) is 1. The third kappa shape index (κ3) is 3.70. The van der Waals surface area contributed by atoms with Crippen LogP contribution in [0.15, 0.2) is 53.3 Å². The van der Waals surface area contributed by atoms with Crippen LogP contribution in [0.25, 0.3) is 16.9 Å². The second kappa shape index (κ2) is 7.65. The number of hydrogen-bond donors (Lipinski definition) is 1. The van der Waals surface area contributed by atoms with Crippen LogP contribution in [0.5, 0.6) is 0 Å². The number of aliphatic hydroxyl groups excluding tert-OH is 1. The van der Waals surface area contributed by atoms with Gasteiger partial charge in [0.05, 0.1) is 17.5 Å². The highest BCUT2D eigenvalue weighted by Crippen LogP contribution is 2.27. The van der Waals surface area contributed by atoms with Gasteiger partial charge < -0.3 is 5.11 Å². The fourth-order valence-electron chi connectivity index (χ4n) is 3.27. The van der Waals surface area contributed by atoms with E-state index in [0.717, 1.165) is 59.6 Å². The lowest BCUT2D eigenvalue weighted by molar-refractivity contribution is 0.0787. The molecule has 1 N–H and O–H groups in total. The van der Waals surface area contributed by atoms with Crippen molar-refractivity contribution in [3.63, 3.8) is 0 Å². The first-order valence-corrected chi connectivity index (χ1v) is 9.51. The van der Waals surface area contributed by atoms with Crippen LogP contribution in [0, 0.1) is 0 Å². The SMILES string of the molecule is OC1CCN(Cc2nnn(-c3ccc(Br)cc3)c2-c2ccncc2)CC1. The molecule has 0 unspecified atom stereocenters. The summed E-state index contributed by atoms with van der Waals surface area (Å²) in [5, 5.41) is 18.6. The Morgan fingerprint density at radius 1 is 1.04 bits per heavy atom. The fourth-order valence-corrected chi connectivity index (χ4v) is 3.53. The molecule has 1 aromatic carbocycles. The lowest BCUT2D eigenvalue weighted by Crippen LogP contribution is -2.35. The van der Waals surface area contributed by atoms with Crippen LogP contribution in [0.4, 0.5) is 0 Å². The van der Waals surface area contributed by atoms with E-state index >= 15 is 0 Å². The molecule has 0 aliphatic carbocycles. The van der Waals surface area contributed by atoms with Crippen molar-refractivity contribution in [3.05, 3.63) is 59.0 Å². The van der Waals surface area contributed by atoms with Crippen LogP contribution < -0.4 is 0 Å². The molecule has 1 aliphatic heterocycles. The summed E-state index contributed by atoms with van der Waals surface area (Å²) in [6.07, 6.45) is 5.02. The summed E-state index contributed by atoms with van der Waals surface area (Å²) in [4.78, 5) is 6.46. The monoisotopic (exact) mass is 413 g/mol. The van der Waals surface area contributed by atoms with Crippen molar-refractivity contribution in [2.45, 2.75) is 25.5 Å². The molecular weight excluding hydrogens is 394 g/mol. The number of aliphatic hydroxyl groups is 1. The van der Waals surface area contributed by atoms with Gasteiger partial charge in [0.15, 0.2) is 0 Å². The molecule has 26 heavy (non-hydrogen) atoms. The van der Waals surface area contributed by atoms with Crippen LogP contribution >= 0.6 is 15.9 Å². The van der Waals surface area contributed by atoms with Gasteiger partial charge in [0, 0.05) is 42.1 Å². The van der Waals surface area contributed by atoms with Gasteiger partial charge in [-0.2, -0.15) is 0 Å². The minimum atomic E-state index is -0.177. The minimum absolute atomic E-state index is 0.177. The van der Waals surface area contributed by atoms with Crippen molar-refractivity contribution in [1.29, 1.82) is 0 Å². The highest BCUT2D eigenvalue weighted by Gasteiger charge is 2.22. The molecule has 0 atom stereocenters. The van der Waals surface area contributed by atoms with Gasteiger partial charge in [-0.15, -0.1) is 5.10 Å². The Balaban J connectivity index is 1.71. The Morgan fingerprint density at radius 3 is 2.42 bits per heavy atom. The molecule has 134 valence electrons. The number of nitrogens with zero attached hydrogens (tertiary/aromatic N) is 5. The van der Waals surface area contributed by atoms with E-state index in [1.807, 2.05) is 41.1 Å². The van der Waals surface area contributed by atoms with Crippen molar-refractivity contribution < 1.29 is 5.11 Å². The molecule has 7 heteroatoms. The predicted molar refractivity (Wildman–Crippen MR) is 103 cm³/mol. The maximum atomic E-state index is 9.73. The number of halogens is 1. The van der Waals surface area contributed by atoms with Crippen molar-refractivity contribution >= 4 is 15.9 Å². The molecule has 0 spiro atoms. The first-order valence-electron chi connectivity index (χ1n) is 8.72. The number of hydrogen-bond acceptors (Lipinski definition) is 5. The number of rotatable bonds is 4. The molecule has 1 aliphatic rings. The predicted octanol–water partition coefficient (Wildman–Crippen LogP) is 3.05. The molecule has 0 radical (unpaired) electrons. The van der Waals surface area contributed by atoms with E-state index in [2.05, 4.69) is 36.1 Å². The van der Waals surface area contributed by atoms with Gasteiger partial charge in [-0.1, -0.05) is 21.1 Å². The summed E-state index contributed by atoms with van der Waals surface area (Å²) in [6, 6.07) is 12.0. The van der Waals surface area contributed by atoms with Gasteiger partial charge in [-0.05, 0) is 49.2 Å². The summed E-state index contributed by atoms with van der Waals surface area (Å²) >= 11 is 3.48. The van der Waals surface area contributed by atoms with Gasteiger partial charge in [-0.3, -0.25) is 9.88 Å². The Morgan fingerprint density at radius 2 is 1.73 bits per heavy atom. The smallest absolute Gasteiger partial charge is 0.105 e. The van der Waals surface area contributed by atoms with Crippen molar-refractivity contribution in [2.75, 3.05) is 13.1 Å². The van der Waals surface area contributed by atoms with E-state index in [9.17, 15) is 5.11 Å². The zero-order chi connectivity index (χ0) is 17.9. The standard InChI is InChI=1S/C19H20BrN5O/c20-15-1-3-16(4-2-15)25-19(14-5-9-21-10-6-14)18(22-23-25)13-24-11-7-17(26)8-12-24/h1-6,9-10,17,26H,7-8,11-13H2. The number of aromatic nitrogens is 4. The largest absolute Gasteiger partial charge is 0.393 e. The molecule has 1 fully saturated rings. The van der Waals surface area contributed by atoms with E-state index in [-0.39, 0.29) is 6.10 Å². The zero-order valence-corrected chi connectivity index (χ0v) is 15.9. The highest BCUT2D eigenvalue weighted by molar-refractivity contribution is 9.10. The molecule has 3 heterocycles. The summed E-state index contributed by atoms with van der Waals surface area (Å²) < 4.78 is 2.91. The van der Waals surface area contributed by atoms with Gasteiger partial charge in [0.1, 0.15) is 5.69 Å². The first kappa shape index (κ1) is 17.3. The van der Waals surface area contributed by atoms with E-state index in [4.69, 9.17) is 0 Å². The van der Waals surface area contributed by atoms with Gasteiger partial charge in [0.2, 0.25) is 0 Å². The molecule has 0 saturated carbocycles. The van der Waals surface area contributed by atoms with Gasteiger partial charge >= 0.3 is 0 Å². The molecular formula is C19H20BrN5O. The van der Waals surface area contributed by atoms with Crippen LogP contribution in [-0.2, 0) is 6.54 Å². The number of piperidine rings is 1. The average Bonchev–Trinajstić information content (AvgIpc) is 3.08. The van der Waals surface area contributed by atoms with Crippen molar-refractivity contribution in [3.8, 4) is 16.9 Å². The van der Waals surface area contributed by atoms with Crippen molar-refractivity contribution in [2.24, 2.45) is 0 Å². The third-order valence-corrected chi connectivity index (χ3v) is 5.22. The molecule has 0 bridgehead atoms. The third-order valence-electron chi connectivity index (χ3n) is 4.70. The lowest BCUT2D eigenvalue weighted by Gasteiger charge is -2.28. The molecule has 2 aromatic heterocycles. The van der Waals surface area contributed by atoms with Gasteiger partial charge in [0.25, 0.3) is 0 Å². The second-order valence-electron chi connectivity index (χ2n) is 6.52. The molecule has 1 saturated heterocycles. The maximum Gasteiger partial charge on any atom is 0.105 e. The number of benzene rings is 1. The first-order chi connectivity index (χ1) is 12.7. The maximum absolute atomic E-state index is 9.73. The Labute approximate surface area is 160 Å². The average molecular weight is 414 g/mol. The topological polar surface area (TPSA) is 67.1 Å². The van der Waals surface area contributed by atoms with Crippen molar-refractivity contribution in [1.82, 2.24) is 24.9 Å². The summed E-state index contributed by atoms with van der Waals surface area (Å²) in [6.45, 7) is 2.48. The highest BCUT2D eigenvalue weighted by atomic mass is 79.9. The minimum Gasteiger partial charge on any atom is -0.393 e. The normalized spacial score (nSPS) is 16.1. The Kier molecular flexibility index (Phi) is 5.10. The Hall–Kier alpha value is -2.09. The summed E-state index contributed by atoms with van der Waals surface area (Å²) in [5.74, 6) is 0. The van der Waals surface area contributed by atoms with E-state index in [1.165, 1.54) is 0 Å². The quantitative estimate of drug-likeness (QED) is 0.711. The van der Waals surface area contributed by atoms with E-state index in [0.29, 0.717) is 0 Å². The fraction of sp³-hybridized carbons (Fsp3) is 0.316. The molecule has 3 aromatic rings. The zero-order valence-electron chi connectivity index (χ0n) is 14.3. The molecule has 4 rings (SSSR count). The van der Waals surface area contributed by atoms with E-state index in [1.54, 1.807) is 12.4 Å². The van der Waals surface area contributed by atoms with Crippen LogP contribution in [-0.4, -0.2) is 49.2 Å². The molecule has 6 nitrogen and oxygen atoms in total. The Bertz CT molecular complexity index is 857. The van der Waals surface area contributed by atoms with Crippen LogP contribution in [0.1, 0.15) is 18.5 Å². The summed E-state index contributed by atoms with van der Waals surface area (Å²) in [7, 11) is 0.